The molecule has 7 nitrogen and oxygen atoms in total. The van der Waals surface area contributed by atoms with Crippen molar-refractivity contribution in [3.63, 3.8) is 0 Å². The number of carboxylic acids is 1. The lowest BCUT2D eigenvalue weighted by Crippen LogP contribution is -2.25. The number of methoxy groups -OCH3 is 1. The molecule has 1 amide bonds. The normalized spacial score (nSPS) is 10.9. The lowest BCUT2D eigenvalue weighted by molar-refractivity contribution is -0.137. The molecular weight excluding hydrogens is 298 g/mol. The maximum atomic E-state index is 11.6. The van der Waals surface area contributed by atoms with E-state index in [0.717, 1.165) is 0 Å². The lowest BCUT2D eigenvalue weighted by Gasteiger charge is -2.07. The fraction of sp³-hybridized carbons (Fsp3) is 0.385. The van der Waals surface area contributed by atoms with Crippen molar-refractivity contribution in [1.29, 1.82) is 0 Å². The number of carboxylic acid groups (broad SMARTS) is 1. The highest BCUT2D eigenvalue weighted by Gasteiger charge is 2.17. The van der Waals surface area contributed by atoms with Gasteiger partial charge in [0.1, 0.15) is 11.5 Å². The Morgan fingerprint density at radius 2 is 1.86 bits per heavy atom. The van der Waals surface area contributed by atoms with Gasteiger partial charge in [0.2, 0.25) is 5.91 Å². The van der Waals surface area contributed by atoms with Crippen molar-refractivity contribution < 1.29 is 27.9 Å². The third-order valence-electron chi connectivity index (χ3n) is 2.57. The summed E-state index contributed by atoms with van der Waals surface area (Å²) in [6, 6.07) is 6.45. The molecule has 116 valence electrons. The van der Waals surface area contributed by atoms with Crippen LogP contribution in [0.3, 0.4) is 0 Å². The first-order valence-corrected chi connectivity index (χ1v) is 8.00. The van der Waals surface area contributed by atoms with Crippen LogP contribution in [0.4, 0.5) is 5.69 Å². The molecule has 0 heterocycles. The molecular formula is C13H17NO6S. The molecule has 21 heavy (non-hydrogen) atoms. The molecule has 2 N–H and O–H groups in total. The minimum atomic E-state index is -3.61. The number of carbonyl (C=O) groups is 2. The Balaban J connectivity index is 2.49. The molecule has 0 atom stereocenters. The van der Waals surface area contributed by atoms with Crippen molar-refractivity contribution in [3.8, 4) is 5.75 Å². The summed E-state index contributed by atoms with van der Waals surface area (Å²) in [5.41, 5.74) is 0.460. The second-order valence-electron chi connectivity index (χ2n) is 4.37. The third-order valence-corrected chi connectivity index (χ3v) is 4.18. The molecule has 0 bridgehead atoms. The molecule has 0 saturated heterocycles. The summed E-state index contributed by atoms with van der Waals surface area (Å²) in [5, 5.41) is 10.9. The number of rotatable bonds is 8. The highest BCUT2D eigenvalue weighted by Crippen LogP contribution is 2.15. The summed E-state index contributed by atoms with van der Waals surface area (Å²) in [5.74, 6) is -2.09. The van der Waals surface area contributed by atoms with Crippen LogP contribution in [-0.2, 0) is 19.4 Å². The lowest BCUT2D eigenvalue weighted by atomic mass is 10.3. The van der Waals surface area contributed by atoms with Gasteiger partial charge in [-0.15, -0.1) is 0 Å². The number of nitrogens with one attached hydrogen (secondary N) is 1. The smallest absolute Gasteiger partial charge is 0.303 e. The van der Waals surface area contributed by atoms with Gasteiger partial charge in [-0.1, -0.05) is 0 Å². The molecule has 0 fully saturated rings. The Morgan fingerprint density at radius 3 is 2.38 bits per heavy atom. The Labute approximate surface area is 122 Å². The average Bonchev–Trinajstić information content (AvgIpc) is 2.38. The molecule has 1 aromatic rings. The van der Waals surface area contributed by atoms with Crippen LogP contribution in [0, 0.1) is 0 Å². The molecule has 0 saturated carbocycles. The Morgan fingerprint density at radius 1 is 1.24 bits per heavy atom. The first-order valence-electron chi connectivity index (χ1n) is 6.18. The standard InChI is InChI=1S/C13H17NO6S/c1-20-11-6-4-10(5-7-11)14-12(15)9-21(18,19)8-2-3-13(16)17/h4-7H,2-3,8-9H2,1H3,(H,14,15)(H,16,17). The zero-order valence-corrected chi connectivity index (χ0v) is 12.4. The fourth-order valence-electron chi connectivity index (χ4n) is 1.59. The van der Waals surface area contributed by atoms with E-state index in [1.807, 2.05) is 0 Å². The van der Waals surface area contributed by atoms with E-state index in [1.54, 1.807) is 24.3 Å². The summed E-state index contributed by atoms with van der Waals surface area (Å²) in [4.78, 5) is 22.0. The van der Waals surface area contributed by atoms with Gasteiger partial charge in [-0.25, -0.2) is 8.42 Å². The van der Waals surface area contributed by atoms with E-state index in [4.69, 9.17) is 9.84 Å². The van der Waals surface area contributed by atoms with E-state index in [0.29, 0.717) is 11.4 Å². The average molecular weight is 315 g/mol. The number of aliphatic carboxylic acids is 1. The van der Waals surface area contributed by atoms with Crippen molar-refractivity contribution in [2.75, 3.05) is 23.9 Å². The van der Waals surface area contributed by atoms with E-state index < -0.39 is 27.5 Å². The summed E-state index contributed by atoms with van der Waals surface area (Å²) >= 11 is 0. The van der Waals surface area contributed by atoms with Crippen LogP contribution in [-0.4, -0.2) is 44.0 Å². The van der Waals surface area contributed by atoms with Gasteiger partial charge in [0.15, 0.2) is 9.84 Å². The van der Waals surface area contributed by atoms with Crippen LogP contribution >= 0.6 is 0 Å². The molecule has 0 aliphatic heterocycles. The molecule has 0 aromatic heterocycles. The first-order chi connectivity index (χ1) is 9.82. The van der Waals surface area contributed by atoms with Gasteiger partial charge in [0.25, 0.3) is 0 Å². The second kappa shape index (κ2) is 7.63. The van der Waals surface area contributed by atoms with Gasteiger partial charge in [-0.3, -0.25) is 9.59 Å². The Hall–Kier alpha value is -2.09. The highest BCUT2D eigenvalue weighted by atomic mass is 32.2. The molecule has 0 aliphatic carbocycles. The van der Waals surface area contributed by atoms with Crippen LogP contribution in [0.25, 0.3) is 0 Å². The third kappa shape index (κ3) is 6.75. The van der Waals surface area contributed by atoms with E-state index in [-0.39, 0.29) is 18.6 Å². The summed E-state index contributed by atoms with van der Waals surface area (Å²) in [6.45, 7) is 0. The van der Waals surface area contributed by atoms with Gasteiger partial charge >= 0.3 is 5.97 Å². The van der Waals surface area contributed by atoms with Crippen molar-refractivity contribution in [2.24, 2.45) is 0 Å². The number of ether oxygens (including phenoxy) is 1. The number of hydrogen-bond acceptors (Lipinski definition) is 5. The van der Waals surface area contributed by atoms with Crippen LogP contribution in [0.5, 0.6) is 5.75 Å². The fourth-order valence-corrected chi connectivity index (χ4v) is 2.79. The van der Waals surface area contributed by atoms with Crippen LogP contribution < -0.4 is 10.1 Å². The van der Waals surface area contributed by atoms with E-state index >= 15 is 0 Å². The largest absolute Gasteiger partial charge is 0.497 e. The number of amides is 1. The molecule has 0 radical (unpaired) electrons. The predicted molar refractivity (Wildman–Crippen MR) is 77.1 cm³/mol. The van der Waals surface area contributed by atoms with Crippen LogP contribution in [0.2, 0.25) is 0 Å². The highest BCUT2D eigenvalue weighted by molar-refractivity contribution is 7.92. The first kappa shape index (κ1) is 17.0. The van der Waals surface area contributed by atoms with E-state index in [9.17, 15) is 18.0 Å². The molecule has 0 aliphatic rings. The maximum absolute atomic E-state index is 11.6. The summed E-state index contributed by atoms with van der Waals surface area (Å²) in [6.07, 6.45) is -0.243. The molecule has 1 rings (SSSR count). The number of hydrogen-bond donors (Lipinski definition) is 2. The van der Waals surface area contributed by atoms with Crippen molar-refractivity contribution >= 4 is 27.4 Å². The molecule has 0 unspecified atom stereocenters. The summed E-state index contributed by atoms with van der Waals surface area (Å²) in [7, 11) is -2.10. The van der Waals surface area contributed by atoms with E-state index in [1.165, 1.54) is 7.11 Å². The SMILES string of the molecule is COc1ccc(NC(=O)CS(=O)(=O)CCCC(=O)O)cc1. The molecule has 1 aromatic carbocycles. The topological polar surface area (TPSA) is 110 Å². The second-order valence-corrected chi connectivity index (χ2v) is 6.55. The van der Waals surface area contributed by atoms with Crippen LogP contribution in [0.1, 0.15) is 12.8 Å². The number of benzene rings is 1. The van der Waals surface area contributed by atoms with Crippen molar-refractivity contribution in [1.82, 2.24) is 0 Å². The van der Waals surface area contributed by atoms with Gasteiger partial charge in [-0.05, 0) is 30.7 Å². The molecule has 0 spiro atoms. The number of sulfone groups is 1. The monoisotopic (exact) mass is 315 g/mol. The summed E-state index contributed by atoms with van der Waals surface area (Å²) < 4.78 is 28.2. The Bertz CT molecular complexity index is 594. The quantitative estimate of drug-likeness (QED) is 0.738. The van der Waals surface area contributed by atoms with Gasteiger partial charge in [-0.2, -0.15) is 0 Å². The van der Waals surface area contributed by atoms with Crippen molar-refractivity contribution in [3.05, 3.63) is 24.3 Å². The van der Waals surface area contributed by atoms with Gasteiger partial charge in [0.05, 0.1) is 12.9 Å². The van der Waals surface area contributed by atoms with Gasteiger partial charge < -0.3 is 15.2 Å². The van der Waals surface area contributed by atoms with Crippen molar-refractivity contribution in [2.45, 2.75) is 12.8 Å². The van der Waals surface area contributed by atoms with E-state index in [2.05, 4.69) is 5.32 Å². The van der Waals surface area contributed by atoms with Crippen LogP contribution in [0.15, 0.2) is 24.3 Å². The molecule has 8 heteroatoms. The number of carbonyl (C=O) groups excluding carboxylic acids is 1. The zero-order valence-electron chi connectivity index (χ0n) is 11.5. The minimum absolute atomic E-state index is 0.00647. The van der Waals surface area contributed by atoms with Gasteiger partial charge in [0, 0.05) is 12.1 Å². The predicted octanol–water partition coefficient (Wildman–Crippen LogP) is 0.913. The maximum Gasteiger partial charge on any atom is 0.303 e. The minimum Gasteiger partial charge on any atom is -0.497 e. The zero-order chi connectivity index (χ0) is 15.9. The number of anilines is 1. The Kier molecular flexibility index (Phi) is 6.16.